The van der Waals surface area contributed by atoms with E-state index in [9.17, 15) is 4.79 Å². The second-order valence-corrected chi connectivity index (χ2v) is 4.43. The lowest BCUT2D eigenvalue weighted by molar-refractivity contribution is -0.119. The molecule has 0 saturated carbocycles. The zero-order chi connectivity index (χ0) is 12.4. The van der Waals surface area contributed by atoms with E-state index < -0.39 is 0 Å². The third kappa shape index (κ3) is 2.21. The van der Waals surface area contributed by atoms with Gasteiger partial charge in [-0.05, 0) is 25.0 Å². The van der Waals surface area contributed by atoms with Crippen molar-refractivity contribution in [1.82, 2.24) is 4.98 Å². The summed E-state index contributed by atoms with van der Waals surface area (Å²) in [5.41, 5.74) is 12.4. The van der Waals surface area contributed by atoms with Crippen molar-refractivity contribution in [3.8, 4) is 0 Å². The first kappa shape index (κ1) is 11.8. The molecule has 6 heteroatoms. The number of nitrogens with zero attached hydrogens (tertiary/aromatic N) is 2. The van der Waals surface area contributed by atoms with Gasteiger partial charge in [-0.3, -0.25) is 9.78 Å². The van der Waals surface area contributed by atoms with Gasteiger partial charge in [-0.15, -0.1) is 0 Å². The monoisotopic (exact) mass is 250 g/mol. The first-order chi connectivity index (χ1) is 8.11. The Balaban J connectivity index is 2.39. The number of aromatic nitrogens is 1. The third-order valence-corrected chi connectivity index (χ3v) is 3.10. The van der Waals surface area contributed by atoms with Crippen LogP contribution in [0.2, 0.25) is 0 Å². The van der Waals surface area contributed by atoms with E-state index in [0.717, 1.165) is 25.1 Å². The summed E-state index contributed by atoms with van der Waals surface area (Å²) in [7, 11) is 0. The third-order valence-electron chi connectivity index (χ3n) is 2.91. The van der Waals surface area contributed by atoms with Crippen LogP contribution < -0.4 is 16.4 Å². The van der Waals surface area contributed by atoms with Crippen molar-refractivity contribution in [2.75, 3.05) is 11.4 Å². The molecule has 1 aromatic heterocycles. The summed E-state index contributed by atoms with van der Waals surface area (Å²) in [6.07, 6.45) is 3.33. The second kappa shape index (κ2) is 4.67. The summed E-state index contributed by atoms with van der Waals surface area (Å²) in [5.74, 6) is -0.319. The number of thiocarbonyl (C=S) groups is 1. The lowest BCUT2D eigenvalue weighted by Gasteiger charge is -2.25. The van der Waals surface area contributed by atoms with Crippen LogP contribution in [0, 0.1) is 0 Å². The predicted molar refractivity (Wildman–Crippen MR) is 69.7 cm³/mol. The molecule has 5 nitrogen and oxygen atoms in total. The fraction of sp³-hybridized carbons (Fsp3) is 0.364. The highest BCUT2D eigenvalue weighted by atomic mass is 32.1. The maximum absolute atomic E-state index is 11.4. The maximum atomic E-state index is 11.4. The van der Waals surface area contributed by atoms with Gasteiger partial charge in [-0.2, -0.15) is 0 Å². The topological polar surface area (TPSA) is 85.2 Å². The Labute approximate surface area is 105 Å². The molecule has 1 aliphatic heterocycles. The highest BCUT2D eigenvalue weighted by Gasteiger charge is 2.30. The zero-order valence-corrected chi connectivity index (χ0v) is 10.1. The van der Waals surface area contributed by atoms with E-state index in [1.165, 1.54) is 0 Å². The number of amides is 1. The highest BCUT2D eigenvalue weighted by Crippen LogP contribution is 2.27. The molecular formula is C11H14N4OS. The van der Waals surface area contributed by atoms with E-state index in [2.05, 4.69) is 4.98 Å². The Kier molecular flexibility index (Phi) is 3.23. The maximum Gasteiger partial charge on any atom is 0.240 e. The molecule has 2 heterocycles. The minimum absolute atomic E-state index is 0.232. The van der Waals surface area contributed by atoms with Crippen LogP contribution in [0.4, 0.5) is 5.69 Å². The number of pyridine rings is 1. The number of rotatable bonds is 3. The van der Waals surface area contributed by atoms with Gasteiger partial charge in [-0.1, -0.05) is 12.2 Å². The summed E-state index contributed by atoms with van der Waals surface area (Å²) in [4.78, 5) is 17.7. The molecule has 1 aliphatic rings. The van der Waals surface area contributed by atoms with E-state index >= 15 is 0 Å². The normalized spacial score (nSPS) is 19.3. The van der Waals surface area contributed by atoms with Crippen LogP contribution in [0.15, 0.2) is 18.3 Å². The molecule has 1 unspecified atom stereocenters. The molecule has 0 radical (unpaired) electrons. The average molecular weight is 250 g/mol. The number of carbonyl (C=O) groups is 1. The van der Waals surface area contributed by atoms with E-state index in [1.807, 2.05) is 11.0 Å². The summed E-state index contributed by atoms with van der Waals surface area (Å²) in [6, 6.07) is 3.38. The van der Waals surface area contributed by atoms with Crippen molar-refractivity contribution < 1.29 is 4.79 Å². The minimum atomic E-state index is -0.319. The Bertz CT molecular complexity index is 463. The standard InChI is InChI=1S/C11H14N4OS/c12-10(16)8-4-2-6-15(8)7-3-1-5-14-9(7)11(13)17/h1,3,5,8H,2,4,6H2,(H2,12,16)(H2,13,17). The van der Waals surface area contributed by atoms with Crippen molar-refractivity contribution in [2.24, 2.45) is 11.5 Å². The number of anilines is 1. The largest absolute Gasteiger partial charge is 0.388 e. The Morgan fingerprint density at radius 2 is 2.29 bits per heavy atom. The van der Waals surface area contributed by atoms with Gasteiger partial charge in [0.15, 0.2) is 0 Å². The fourth-order valence-corrected chi connectivity index (χ4v) is 2.33. The summed E-state index contributed by atoms with van der Waals surface area (Å²) >= 11 is 4.96. The first-order valence-corrected chi connectivity index (χ1v) is 5.83. The van der Waals surface area contributed by atoms with Crippen molar-refractivity contribution in [1.29, 1.82) is 0 Å². The summed E-state index contributed by atoms with van der Waals surface area (Å²) in [5, 5.41) is 0. The molecule has 0 bridgehead atoms. The number of hydrogen-bond acceptors (Lipinski definition) is 4. The Morgan fingerprint density at radius 1 is 1.53 bits per heavy atom. The van der Waals surface area contributed by atoms with Gasteiger partial charge in [0.25, 0.3) is 0 Å². The van der Waals surface area contributed by atoms with Crippen LogP contribution in [0.3, 0.4) is 0 Å². The minimum Gasteiger partial charge on any atom is -0.388 e. The van der Waals surface area contributed by atoms with Crippen LogP contribution in [0.1, 0.15) is 18.5 Å². The van der Waals surface area contributed by atoms with Crippen LogP contribution in [0.5, 0.6) is 0 Å². The quantitative estimate of drug-likeness (QED) is 0.747. The molecule has 1 atom stereocenters. The van der Waals surface area contributed by atoms with Gasteiger partial charge < -0.3 is 16.4 Å². The van der Waals surface area contributed by atoms with Gasteiger partial charge >= 0.3 is 0 Å². The Hall–Kier alpha value is -1.69. The van der Waals surface area contributed by atoms with Gasteiger partial charge in [0, 0.05) is 12.7 Å². The van der Waals surface area contributed by atoms with Gasteiger partial charge in [0.05, 0.1) is 5.69 Å². The molecule has 1 aromatic rings. The molecule has 1 fully saturated rings. The zero-order valence-electron chi connectivity index (χ0n) is 9.30. The number of nitrogens with two attached hydrogens (primary N) is 2. The first-order valence-electron chi connectivity index (χ1n) is 5.42. The molecule has 2 rings (SSSR count). The van der Waals surface area contributed by atoms with Crippen LogP contribution in [-0.2, 0) is 4.79 Å². The Morgan fingerprint density at radius 3 is 2.94 bits per heavy atom. The number of carbonyl (C=O) groups excluding carboxylic acids is 1. The summed E-state index contributed by atoms with van der Waals surface area (Å²) < 4.78 is 0. The molecule has 90 valence electrons. The average Bonchev–Trinajstić information content (AvgIpc) is 2.77. The molecule has 0 aliphatic carbocycles. The molecule has 1 amide bonds. The fourth-order valence-electron chi connectivity index (χ4n) is 2.17. The van der Waals surface area contributed by atoms with Crippen LogP contribution in [0.25, 0.3) is 0 Å². The molecule has 17 heavy (non-hydrogen) atoms. The SMILES string of the molecule is NC(=O)C1CCCN1c1cccnc1C(N)=S. The lowest BCUT2D eigenvalue weighted by Crippen LogP contribution is -2.41. The molecule has 4 N–H and O–H groups in total. The van der Waals surface area contributed by atoms with E-state index in [1.54, 1.807) is 12.3 Å². The van der Waals surface area contributed by atoms with Crippen LogP contribution in [-0.4, -0.2) is 28.5 Å². The van der Waals surface area contributed by atoms with E-state index in [4.69, 9.17) is 23.7 Å². The van der Waals surface area contributed by atoms with Gasteiger partial charge in [0.2, 0.25) is 5.91 Å². The number of primary amides is 1. The second-order valence-electron chi connectivity index (χ2n) is 3.99. The predicted octanol–water partition coefficient (Wildman–Crippen LogP) is 0.170. The van der Waals surface area contributed by atoms with Crippen molar-refractivity contribution >= 4 is 28.8 Å². The highest BCUT2D eigenvalue weighted by molar-refractivity contribution is 7.80. The van der Waals surface area contributed by atoms with Crippen molar-refractivity contribution in [3.63, 3.8) is 0 Å². The number of hydrogen-bond donors (Lipinski definition) is 2. The van der Waals surface area contributed by atoms with E-state index in [0.29, 0.717) is 5.69 Å². The lowest BCUT2D eigenvalue weighted by atomic mass is 10.2. The van der Waals surface area contributed by atoms with Crippen molar-refractivity contribution in [2.45, 2.75) is 18.9 Å². The molecule has 0 aromatic carbocycles. The van der Waals surface area contributed by atoms with Gasteiger partial charge in [-0.25, -0.2) is 0 Å². The summed E-state index contributed by atoms with van der Waals surface area (Å²) in [6.45, 7) is 0.773. The van der Waals surface area contributed by atoms with Crippen LogP contribution >= 0.6 is 12.2 Å². The molecule has 0 spiro atoms. The van der Waals surface area contributed by atoms with E-state index in [-0.39, 0.29) is 16.9 Å². The molecular weight excluding hydrogens is 236 g/mol. The van der Waals surface area contributed by atoms with Gasteiger partial charge in [0.1, 0.15) is 16.7 Å². The van der Waals surface area contributed by atoms with Crippen molar-refractivity contribution in [3.05, 3.63) is 24.0 Å². The smallest absolute Gasteiger partial charge is 0.240 e. The molecule has 1 saturated heterocycles.